The highest BCUT2D eigenvalue weighted by Gasteiger charge is 2.27. The second-order valence-electron chi connectivity index (χ2n) is 9.83. The first-order valence-electron chi connectivity index (χ1n) is 12.3. The predicted octanol–water partition coefficient (Wildman–Crippen LogP) is 7.99. The third-order valence-corrected chi connectivity index (χ3v) is 6.65. The summed E-state index contributed by atoms with van der Waals surface area (Å²) >= 11 is 0. The molecule has 3 aromatic rings. The van der Waals surface area contributed by atoms with E-state index in [4.69, 9.17) is 9.47 Å². The minimum Gasteiger partial charge on any atom is -0.490 e. The number of ketones is 1. The quantitative estimate of drug-likeness (QED) is 0.180. The number of rotatable bonds is 9. The SMILES string of the molecule is CCC(C)Oc1ccc(-c2ccc(OC(=O)c3cccc(C(=O)C(C)(C)CC)c3)c(C)c2)cc1C. The van der Waals surface area contributed by atoms with Crippen LogP contribution < -0.4 is 9.47 Å². The number of ether oxygens (including phenoxy) is 2. The number of esters is 1. The molecule has 0 amide bonds. The maximum absolute atomic E-state index is 12.9. The first kappa shape index (κ1) is 26.2. The van der Waals surface area contributed by atoms with E-state index < -0.39 is 11.4 Å². The summed E-state index contributed by atoms with van der Waals surface area (Å²) in [7, 11) is 0. The van der Waals surface area contributed by atoms with Gasteiger partial charge in [-0.3, -0.25) is 4.79 Å². The molecule has 35 heavy (non-hydrogen) atoms. The fourth-order valence-corrected chi connectivity index (χ4v) is 3.70. The molecule has 3 aromatic carbocycles. The van der Waals surface area contributed by atoms with Crippen molar-refractivity contribution in [2.75, 3.05) is 0 Å². The monoisotopic (exact) mass is 472 g/mol. The molecular formula is C31H36O4. The molecule has 0 aliphatic heterocycles. The molecule has 4 heteroatoms. The number of aryl methyl sites for hydroxylation is 2. The molecule has 0 radical (unpaired) electrons. The van der Waals surface area contributed by atoms with Crippen LogP contribution in [-0.2, 0) is 0 Å². The minimum absolute atomic E-state index is 0.0195. The molecule has 3 rings (SSSR count). The highest BCUT2D eigenvalue weighted by Crippen LogP contribution is 2.31. The third-order valence-electron chi connectivity index (χ3n) is 6.65. The lowest BCUT2D eigenvalue weighted by molar-refractivity contribution is 0.0733. The Labute approximate surface area is 209 Å². The Morgan fingerprint density at radius 1 is 0.829 bits per heavy atom. The van der Waals surface area contributed by atoms with Crippen molar-refractivity contribution in [3.8, 4) is 22.6 Å². The summed E-state index contributed by atoms with van der Waals surface area (Å²) in [5, 5.41) is 0. The Bertz CT molecular complexity index is 1220. The molecule has 0 aliphatic rings. The lowest BCUT2D eigenvalue weighted by Crippen LogP contribution is -2.23. The average molecular weight is 473 g/mol. The van der Waals surface area contributed by atoms with Crippen molar-refractivity contribution >= 4 is 11.8 Å². The summed E-state index contributed by atoms with van der Waals surface area (Å²) in [4.78, 5) is 25.7. The fraction of sp³-hybridized carbons (Fsp3) is 0.355. The van der Waals surface area contributed by atoms with E-state index in [9.17, 15) is 9.59 Å². The van der Waals surface area contributed by atoms with Crippen LogP contribution in [0.2, 0.25) is 0 Å². The van der Waals surface area contributed by atoms with Crippen molar-refractivity contribution in [2.45, 2.75) is 67.4 Å². The van der Waals surface area contributed by atoms with Gasteiger partial charge in [-0.2, -0.15) is 0 Å². The van der Waals surface area contributed by atoms with Crippen LogP contribution in [0.4, 0.5) is 0 Å². The lowest BCUT2D eigenvalue weighted by Gasteiger charge is -2.21. The number of hydrogen-bond donors (Lipinski definition) is 0. The van der Waals surface area contributed by atoms with E-state index in [2.05, 4.69) is 19.9 Å². The maximum atomic E-state index is 12.9. The average Bonchev–Trinajstić information content (AvgIpc) is 2.85. The molecule has 0 saturated carbocycles. The molecule has 0 aromatic heterocycles. The number of carbonyl (C=O) groups excluding carboxylic acids is 2. The van der Waals surface area contributed by atoms with Gasteiger partial charge < -0.3 is 9.47 Å². The molecule has 0 fully saturated rings. The summed E-state index contributed by atoms with van der Waals surface area (Å²) < 4.78 is 11.7. The Morgan fingerprint density at radius 2 is 1.40 bits per heavy atom. The molecular weight excluding hydrogens is 436 g/mol. The van der Waals surface area contributed by atoms with E-state index >= 15 is 0 Å². The summed E-state index contributed by atoms with van der Waals surface area (Å²) in [6.07, 6.45) is 1.85. The van der Waals surface area contributed by atoms with Crippen LogP contribution in [0.1, 0.15) is 79.3 Å². The standard InChI is InChI=1S/C31H36O4/c1-8-22(5)34-27-15-13-23(17-20(27)3)24-14-16-28(21(4)18-24)35-30(33)26-12-10-11-25(19-26)29(32)31(6,7)9-2/h10-19,22H,8-9H2,1-7H3. The van der Waals surface area contributed by atoms with Gasteiger partial charge in [0.15, 0.2) is 5.78 Å². The molecule has 0 bridgehead atoms. The zero-order valence-corrected chi connectivity index (χ0v) is 21.9. The smallest absolute Gasteiger partial charge is 0.343 e. The van der Waals surface area contributed by atoms with Crippen molar-refractivity contribution in [1.82, 2.24) is 0 Å². The van der Waals surface area contributed by atoms with Gasteiger partial charge in [0.2, 0.25) is 0 Å². The summed E-state index contributed by atoms with van der Waals surface area (Å²) in [5.41, 5.74) is 4.45. The van der Waals surface area contributed by atoms with Gasteiger partial charge in [0.1, 0.15) is 11.5 Å². The Kier molecular flexibility index (Phi) is 8.16. The van der Waals surface area contributed by atoms with E-state index in [1.54, 1.807) is 24.3 Å². The largest absolute Gasteiger partial charge is 0.490 e. The van der Waals surface area contributed by atoms with Crippen molar-refractivity contribution in [2.24, 2.45) is 5.41 Å². The van der Waals surface area contributed by atoms with E-state index in [0.717, 1.165) is 40.8 Å². The number of hydrogen-bond acceptors (Lipinski definition) is 4. The molecule has 0 spiro atoms. The summed E-state index contributed by atoms with van der Waals surface area (Å²) in [6.45, 7) is 14.0. The zero-order valence-electron chi connectivity index (χ0n) is 21.9. The Balaban J connectivity index is 1.78. The molecule has 0 saturated heterocycles. The van der Waals surface area contributed by atoms with Gasteiger partial charge in [0.25, 0.3) is 0 Å². The second kappa shape index (κ2) is 10.9. The normalized spacial score (nSPS) is 12.2. The van der Waals surface area contributed by atoms with E-state index in [0.29, 0.717) is 16.9 Å². The topological polar surface area (TPSA) is 52.6 Å². The molecule has 0 aliphatic carbocycles. The second-order valence-corrected chi connectivity index (χ2v) is 9.83. The highest BCUT2D eigenvalue weighted by atomic mass is 16.5. The molecule has 4 nitrogen and oxygen atoms in total. The lowest BCUT2D eigenvalue weighted by atomic mass is 9.82. The Morgan fingerprint density at radius 3 is 1.94 bits per heavy atom. The number of carbonyl (C=O) groups is 2. The van der Waals surface area contributed by atoms with Crippen LogP contribution in [0.25, 0.3) is 11.1 Å². The molecule has 0 N–H and O–H groups in total. The molecule has 184 valence electrons. The first-order chi connectivity index (χ1) is 16.6. The van der Waals surface area contributed by atoms with Crippen LogP contribution in [0, 0.1) is 19.3 Å². The van der Waals surface area contributed by atoms with Gasteiger partial charge in [0, 0.05) is 11.0 Å². The van der Waals surface area contributed by atoms with E-state index in [1.807, 2.05) is 65.0 Å². The number of benzene rings is 3. The van der Waals surface area contributed by atoms with Crippen LogP contribution in [0.3, 0.4) is 0 Å². The number of Topliss-reactive ketones (excluding diaryl/α,β-unsaturated/α-hetero) is 1. The van der Waals surface area contributed by atoms with Gasteiger partial charge in [-0.15, -0.1) is 0 Å². The third kappa shape index (κ3) is 6.19. The van der Waals surface area contributed by atoms with Crippen molar-refractivity contribution in [3.63, 3.8) is 0 Å². The van der Waals surface area contributed by atoms with Crippen molar-refractivity contribution < 1.29 is 19.1 Å². The highest BCUT2D eigenvalue weighted by molar-refractivity contribution is 6.02. The maximum Gasteiger partial charge on any atom is 0.343 e. The van der Waals surface area contributed by atoms with Gasteiger partial charge in [-0.05, 0) is 92.3 Å². The van der Waals surface area contributed by atoms with Crippen molar-refractivity contribution in [3.05, 3.63) is 82.9 Å². The van der Waals surface area contributed by atoms with E-state index in [1.165, 1.54) is 0 Å². The van der Waals surface area contributed by atoms with Gasteiger partial charge in [-0.1, -0.05) is 52.0 Å². The first-order valence-corrected chi connectivity index (χ1v) is 12.3. The van der Waals surface area contributed by atoms with Gasteiger partial charge in [0.05, 0.1) is 11.7 Å². The van der Waals surface area contributed by atoms with E-state index in [-0.39, 0.29) is 11.9 Å². The van der Waals surface area contributed by atoms with Crippen LogP contribution in [0.15, 0.2) is 60.7 Å². The molecule has 1 unspecified atom stereocenters. The predicted molar refractivity (Wildman–Crippen MR) is 142 cm³/mol. The molecule has 0 heterocycles. The summed E-state index contributed by atoms with van der Waals surface area (Å²) in [5.74, 6) is 0.935. The zero-order chi connectivity index (χ0) is 25.8. The van der Waals surface area contributed by atoms with Gasteiger partial charge >= 0.3 is 5.97 Å². The minimum atomic E-state index is -0.480. The van der Waals surface area contributed by atoms with Crippen LogP contribution in [0.5, 0.6) is 11.5 Å². The van der Waals surface area contributed by atoms with Crippen molar-refractivity contribution in [1.29, 1.82) is 0 Å². The molecule has 1 atom stereocenters. The summed E-state index contributed by atoms with van der Waals surface area (Å²) in [6, 6.07) is 18.7. The van der Waals surface area contributed by atoms with Gasteiger partial charge in [-0.25, -0.2) is 4.79 Å². The van der Waals surface area contributed by atoms with Crippen LogP contribution >= 0.6 is 0 Å². The van der Waals surface area contributed by atoms with Crippen LogP contribution in [-0.4, -0.2) is 17.9 Å². The fourth-order valence-electron chi connectivity index (χ4n) is 3.70. The Hall–Kier alpha value is -3.40.